The van der Waals surface area contributed by atoms with Gasteiger partial charge in [-0.2, -0.15) is 0 Å². The number of imidazole rings is 1. The molecule has 0 aliphatic carbocycles. The number of fused-ring (bicyclic) bond motifs is 1. The molecular formula is C11H11BrN2O. The van der Waals surface area contributed by atoms with Gasteiger partial charge in [0, 0.05) is 19.2 Å². The molecule has 3 heterocycles. The third-order valence-electron chi connectivity index (χ3n) is 2.73. The highest BCUT2D eigenvalue weighted by atomic mass is 79.9. The van der Waals surface area contributed by atoms with Crippen LogP contribution in [0.5, 0.6) is 0 Å². The van der Waals surface area contributed by atoms with Crippen LogP contribution < -0.4 is 0 Å². The van der Waals surface area contributed by atoms with Crippen LogP contribution in [0.4, 0.5) is 0 Å². The van der Waals surface area contributed by atoms with Crippen LogP contribution in [-0.2, 0) is 13.0 Å². The predicted molar refractivity (Wildman–Crippen MR) is 60.6 cm³/mol. The Morgan fingerprint density at radius 3 is 3.00 bits per heavy atom. The van der Waals surface area contributed by atoms with Crippen molar-refractivity contribution in [3.8, 4) is 11.5 Å². The minimum atomic E-state index is 0.753. The Bertz CT molecular complexity index is 463. The quantitative estimate of drug-likeness (QED) is 0.794. The highest BCUT2D eigenvalue weighted by Crippen LogP contribution is 2.26. The number of aromatic nitrogens is 2. The first-order chi connectivity index (χ1) is 7.33. The van der Waals surface area contributed by atoms with Gasteiger partial charge in [0.2, 0.25) is 0 Å². The van der Waals surface area contributed by atoms with E-state index >= 15 is 0 Å². The van der Waals surface area contributed by atoms with E-state index in [1.54, 1.807) is 0 Å². The first kappa shape index (κ1) is 9.21. The zero-order valence-corrected chi connectivity index (χ0v) is 9.83. The van der Waals surface area contributed by atoms with E-state index in [4.69, 9.17) is 4.42 Å². The van der Waals surface area contributed by atoms with Gasteiger partial charge in [-0.25, -0.2) is 4.98 Å². The zero-order chi connectivity index (χ0) is 10.3. The molecule has 2 aromatic rings. The standard InChI is InChI=1S/C11H11BrN2O/c12-10-5-4-9(15-10)8-7-14-6-2-1-3-11(14)13-8/h4-5,7H,1-3,6H2. The van der Waals surface area contributed by atoms with Crippen LogP contribution in [0.2, 0.25) is 0 Å². The largest absolute Gasteiger partial charge is 0.448 e. The van der Waals surface area contributed by atoms with Gasteiger partial charge in [-0.15, -0.1) is 0 Å². The minimum Gasteiger partial charge on any atom is -0.448 e. The van der Waals surface area contributed by atoms with E-state index in [2.05, 4.69) is 31.7 Å². The first-order valence-electron chi connectivity index (χ1n) is 5.15. The van der Waals surface area contributed by atoms with Gasteiger partial charge in [0.05, 0.1) is 0 Å². The average molecular weight is 267 g/mol. The molecule has 4 heteroatoms. The number of furan rings is 1. The third kappa shape index (κ3) is 1.63. The molecule has 0 saturated carbocycles. The molecular weight excluding hydrogens is 256 g/mol. The molecule has 0 atom stereocenters. The number of hydrogen-bond donors (Lipinski definition) is 0. The predicted octanol–water partition coefficient (Wildman–Crippen LogP) is 3.24. The molecule has 15 heavy (non-hydrogen) atoms. The average Bonchev–Trinajstić information content (AvgIpc) is 2.82. The molecule has 1 aliphatic rings. The molecule has 78 valence electrons. The Kier molecular flexibility index (Phi) is 2.16. The summed E-state index contributed by atoms with van der Waals surface area (Å²) in [6, 6.07) is 3.84. The summed E-state index contributed by atoms with van der Waals surface area (Å²) in [5.41, 5.74) is 0.942. The van der Waals surface area contributed by atoms with E-state index < -0.39 is 0 Å². The summed E-state index contributed by atoms with van der Waals surface area (Å²) in [7, 11) is 0. The maximum absolute atomic E-state index is 5.49. The van der Waals surface area contributed by atoms with Crippen molar-refractivity contribution in [2.45, 2.75) is 25.8 Å². The van der Waals surface area contributed by atoms with Crippen molar-refractivity contribution in [3.05, 3.63) is 28.8 Å². The van der Waals surface area contributed by atoms with Gasteiger partial charge in [0.25, 0.3) is 0 Å². The van der Waals surface area contributed by atoms with Crippen LogP contribution in [0.3, 0.4) is 0 Å². The van der Waals surface area contributed by atoms with Crippen molar-refractivity contribution < 1.29 is 4.42 Å². The van der Waals surface area contributed by atoms with Crippen LogP contribution >= 0.6 is 15.9 Å². The number of halogens is 1. The SMILES string of the molecule is Brc1ccc(-c2cn3c(n2)CCCC3)o1. The van der Waals surface area contributed by atoms with Crippen molar-refractivity contribution in [1.82, 2.24) is 9.55 Å². The molecule has 0 amide bonds. The second-order valence-corrected chi connectivity index (χ2v) is 4.58. The lowest BCUT2D eigenvalue weighted by Crippen LogP contribution is -2.08. The molecule has 0 unspecified atom stereocenters. The third-order valence-corrected chi connectivity index (χ3v) is 3.16. The number of rotatable bonds is 1. The maximum atomic E-state index is 5.49. The molecule has 1 aliphatic heterocycles. The molecule has 0 fully saturated rings. The second kappa shape index (κ2) is 3.52. The molecule has 0 saturated heterocycles. The van der Waals surface area contributed by atoms with Gasteiger partial charge in [0.1, 0.15) is 11.5 Å². The summed E-state index contributed by atoms with van der Waals surface area (Å²) in [6.07, 6.45) is 5.67. The molecule has 0 aromatic carbocycles. The van der Waals surface area contributed by atoms with E-state index in [1.165, 1.54) is 18.7 Å². The summed E-state index contributed by atoms with van der Waals surface area (Å²) in [4.78, 5) is 4.58. The Morgan fingerprint density at radius 1 is 1.33 bits per heavy atom. The van der Waals surface area contributed by atoms with Gasteiger partial charge in [-0.3, -0.25) is 0 Å². The number of aryl methyl sites for hydroxylation is 2. The van der Waals surface area contributed by atoms with Crippen LogP contribution in [-0.4, -0.2) is 9.55 Å². The number of hydrogen-bond acceptors (Lipinski definition) is 2. The lowest BCUT2D eigenvalue weighted by molar-refractivity contribution is 0.522. The highest BCUT2D eigenvalue weighted by molar-refractivity contribution is 9.10. The highest BCUT2D eigenvalue weighted by Gasteiger charge is 2.14. The van der Waals surface area contributed by atoms with E-state index in [9.17, 15) is 0 Å². The molecule has 0 radical (unpaired) electrons. The van der Waals surface area contributed by atoms with Crippen molar-refractivity contribution >= 4 is 15.9 Å². The monoisotopic (exact) mass is 266 g/mol. The van der Waals surface area contributed by atoms with Crippen LogP contribution in [0, 0.1) is 0 Å². The zero-order valence-electron chi connectivity index (χ0n) is 8.24. The van der Waals surface area contributed by atoms with Crippen molar-refractivity contribution in [2.24, 2.45) is 0 Å². The lowest BCUT2D eigenvalue weighted by atomic mass is 10.2. The summed E-state index contributed by atoms with van der Waals surface area (Å²) in [5, 5.41) is 0. The fraction of sp³-hybridized carbons (Fsp3) is 0.364. The molecule has 2 aromatic heterocycles. The van der Waals surface area contributed by atoms with Crippen molar-refractivity contribution in [3.63, 3.8) is 0 Å². The van der Waals surface area contributed by atoms with Crippen molar-refractivity contribution in [2.75, 3.05) is 0 Å². The van der Waals surface area contributed by atoms with Gasteiger partial charge < -0.3 is 8.98 Å². The van der Waals surface area contributed by atoms with Crippen LogP contribution in [0.15, 0.2) is 27.4 Å². The first-order valence-corrected chi connectivity index (χ1v) is 5.94. The van der Waals surface area contributed by atoms with Gasteiger partial charge in [0.15, 0.2) is 10.4 Å². The van der Waals surface area contributed by atoms with Gasteiger partial charge >= 0.3 is 0 Å². The maximum Gasteiger partial charge on any atom is 0.169 e. The fourth-order valence-electron chi connectivity index (χ4n) is 1.98. The molecule has 3 rings (SSSR count). The number of nitrogens with zero attached hydrogens (tertiary/aromatic N) is 2. The Morgan fingerprint density at radius 2 is 2.27 bits per heavy atom. The van der Waals surface area contributed by atoms with Gasteiger partial charge in [-0.1, -0.05) is 0 Å². The molecule has 0 spiro atoms. The molecule has 3 nitrogen and oxygen atoms in total. The smallest absolute Gasteiger partial charge is 0.169 e. The lowest BCUT2D eigenvalue weighted by Gasteiger charge is -2.11. The Hall–Kier alpha value is -1.03. The Labute approximate surface area is 96.2 Å². The van der Waals surface area contributed by atoms with Gasteiger partial charge in [-0.05, 0) is 40.9 Å². The van der Waals surface area contributed by atoms with E-state index in [-0.39, 0.29) is 0 Å². The minimum absolute atomic E-state index is 0.753. The van der Waals surface area contributed by atoms with E-state index in [1.807, 2.05) is 12.1 Å². The normalized spacial score (nSPS) is 15.3. The Balaban J connectivity index is 2.02. The van der Waals surface area contributed by atoms with Crippen molar-refractivity contribution in [1.29, 1.82) is 0 Å². The summed E-state index contributed by atoms with van der Waals surface area (Å²) in [5.74, 6) is 2.02. The topological polar surface area (TPSA) is 31.0 Å². The summed E-state index contributed by atoms with van der Waals surface area (Å²) >= 11 is 3.30. The van der Waals surface area contributed by atoms with Crippen LogP contribution in [0.1, 0.15) is 18.7 Å². The van der Waals surface area contributed by atoms with E-state index in [0.717, 1.165) is 29.1 Å². The fourth-order valence-corrected chi connectivity index (χ4v) is 2.29. The second-order valence-electron chi connectivity index (χ2n) is 3.80. The summed E-state index contributed by atoms with van der Waals surface area (Å²) in [6.45, 7) is 1.09. The van der Waals surface area contributed by atoms with E-state index in [0.29, 0.717) is 0 Å². The van der Waals surface area contributed by atoms with Crippen LogP contribution in [0.25, 0.3) is 11.5 Å². The summed E-state index contributed by atoms with van der Waals surface area (Å²) < 4.78 is 8.47. The molecule has 0 bridgehead atoms. The molecule has 0 N–H and O–H groups in total.